The predicted molar refractivity (Wildman–Crippen MR) is 156 cm³/mol. The number of thiol groups is 2. The molecule has 4 heterocycles. The van der Waals surface area contributed by atoms with Crippen molar-refractivity contribution in [3.63, 3.8) is 0 Å². The number of aromatic nitrogens is 4. The quantitative estimate of drug-likeness (QED) is 0.277. The van der Waals surface area contributed by atoms with E-state index >= 15 is 0 Å². The second kappa shape index (κ2) is 9.92. The van der Waals surface area contributed by atoms with Gasteiger partial charge >= 0.3 is 0 Å². The van der Waals surface area contributed by atoms with Crippen LogP contribution in [-0.2, 0) is 4.79 Å². The normalized spacial score (nSPS) is 19.2. The Hall–Kier alpha value is -4.21. The molecule has 0 radical (unpaired) electrons. The molecular weight excluding hydrogens is 514 g/mol. The Labute approximate surface area is 229 Å². The second-order valence-electron chi connectivity index (χ2n) is 8.92. The Morgan fingerprint density at radius 3 is 2.53 bits per heavy atom. The van der Waals surface area contributed by atoms with Crippen LogP contribution in [0.3, 0.4) is 0 Å². The summed E-state index contributed by atoms with van der Waals surface area (Å²) in [7, 11) is 0. The van der Waals surface area contributed by atoms with Crippen molar-refractivity contribution in [1.82, 2.24) is 25.3 Å². The predicted octanol–water partition coefficient (Wildman–Crippen LogP) is 4.92. The first kappa shape index (κ1) is 24.1. The molecule has 3 aliphatic heterocycles. The summed E-state index contributed by atoms with van der Waals surface area (Å²) >= 11 is 9.00. The van der Waals surface area contributed by atoms with Crippen LogP contribution >= 0.6 is 25.3 Å². The largest absolute Gasteiger partial charge is 0.364 e. The third-order valence-corrected chi connectivity index (χ3v) is 7.50. The van der Waals surface area contributed by atoms with Crippen molar-refractivity contribution in [3.05, 3.63) is 111 Å². The summed E-state index contributed by atoms with van der Waals surface area (Å²) in [4.78, 5) is 43.6. The molecule has 2 atom stereocenters. The van der Waals surface area contributed by atoms with Gasteiger partial charge in [0.2, 0.25) is 0 Å². The number of ketones is 1. The Kier molecular flexibility index (Phi) is 6.30. The first-order chi connectivity index (χ1) is 18.5. The molecule has 0 amide bonds. The lowest BCUT2D eigenvalue weighted by Gasteiger charge is -2.17. The molecule has 7 nitrogen and oxygen atoms in total. The first-order valence-electron chi connectivity index (χ1n) is 11.9. The van der Waals surface area contributed by atoms with Gasteiger partial charge in [0.15, 0.2) is 11.2 Å². The van der Waals surface area contributed by atoms with Gasteiger partial charge in [0.1, 0.15) is 6.33 Å². The Morgan fingerprint density at radius 1 is 0.921 bits per heavy atom. The summed E-state index contributed by atoms with van der Waals surface area (Å²) < 4.78 is 0. The van der Waals surface area contributed by atoms with Crippen LogP contribution in [0.4, 0.5) is 0 Å². The summed E-state index contributed by atoms with van der Waals surface area (Å²) in [6.07, 6.45) is 21.1. The van der Waals surface area contributed by atoms with E-state index in [1.807, 2.05) is 30.5 Å². The van der Waals surface area contributed by atoms with Gasteiger partial charge in [-0.1, -0.05) is 12.2 Å². The zero-order chi connectivity index (χ0) is 26.2. The van der Waals surface area contributed by atoms with Crippen molar-refractivity contribution in [3.8, 4) is 11.1 Å². The molecule has 1 aromatic carbocycles. The maximum Gasteiger partial charge on any atom is 0.186 e. The number of nitrogens with zero attached hydrogens (tertiary/aromatic N) is 3. The highest BCUT2D eigenvalue weighted by molar-refractivity contribution is 7.84. The maximum absolute atomic E-state index is 12.9. The molecule has 38 heavy (non-hydrogen) atoms. The minimum Gasteiger partial charge on any atom is -0.364 e. The van der Waals surface area contributed by atoms with Crippen LogP contribution in [0.5, 0.6) is 0 Å². The van der Waals surface area contributed by atoms with Crippen LogP contribution in [0, 0.1) is 11.8 Å². The topological polar surface area (TPSA) is 101 Å². The zero-order valence-corrected chi connectivity index (χ0v) is 21.7. The lowest BCUT2D eigenvalue weighted by atomic mass is 9.87. The fraction of sp³-hybridized carbons (Fsp3) is 0.0690. The van der Waals surface area contributed by atoms with E-state index in [2.05, 4.69) is 50.5 Å². The minimum atomic E-state index is -0.399. The number of carbonyl (C=O) groups excluding carboxylic acids is 1. The number of H-pyrrole nitrogens is 1. The van der Waals surface area contributed by atoms with Crippen LogP contribution in [0.2, 0.25) is 0 Å². The number of hydrogen-bond donors (Lipinski definition) is 4. The third-order valence-electron chi connectivity index (χ3n) is 6.74. The second-order valence-corrected chi connectivity index (χ2v) is 9.89. The van der Waals surface area contributed by atoms with E-state index in [0.29, 0.717) is 21.8 Å². The molecule has 1 aliphatic carbocycles. The van der Waals surface area contributed by atoms with E-state index in [0.717, 1.165) is 32.6 Å². The van der Waals surface area contributed by atoms with E-state index in [1.165, 1.54) is 12.4 Å². The van der Waals surface area contributed by atoms with Gasteiger partial charge in [-0.3, -0.25) is 14.6 Å². The third kappa shape index (κ3) is 4.29. The molecule has 0 spiro atoms. The summed E-state index contributed by atoms with van der Waals surface area (Å²) in [6, 6.07) is 5.05. The summed E-state index contributed by atoms with van der Waals surface area (Å²) in [5.41, 5.74) is 4.91. The summed E-state index contributed by atoms with van der Waals surface area (Å²) in [5.74, 6) is -0.533. The first-order valence-corrected chi connectivity index (χ1v) is 12.8. The van der Waals surface area contributed by atoms with Crippen LogP contribution in [0.1, 0.15) is 17.0 Å². The molecule has 186 valence electrons. The smallest absolute Gasteiger partial charge is 0.186 e. The summed E-state index contributed by atoms with van der Waals surface area (Å²) in [6.45, 7) is 0. The van der Waals surface area contributed by atoms with Crippen LogP contribution in [0.15, 0.2) is 93.9 Å². The number of carbonyl (C=O) groups is 1. The molecule has 0 saturated carbocycles. The average Bonchev–Trinajstić information content (AvgIpc) is 3.65. The molecule has 0 bridgehead atoms. The van der Waals surface area contributed by atoms with Crippen molar-refractivity contribution < 1.29 is 4.79 Å². The van der Waals surface area contributed by atoms with E-state index in [4.69, 9.17) is 0 Å². The van der Waals surface area contributed by atoms with E-state index in [1.54, 1.807) is 49.0 Å². The Balaban J connectivity index is 1.36. The number of allylic oxidation sites excluding steroid dienone is 4. The van der Waals surface area contributed by atoms with Gasteiger partial charge in [-0.2, -0.15) is 0 Å². The van der Waals surface area contributed by atoms with Gasteiger partial charge in [0, 0.05) is 62.1 Å². The monoisotopic (exact) mass is 535 g/mol. The number of aromatic amines is 1. The van der Waals surface area contributed by atoms with Gasteiger partial charge in [0.25, 0.3) is 0 Å². The molecule has 0 fully saturated rings. The fourth-order valence-corrected chi connectivity index (χ4v) is 5.37. The number of fused-ring (bicyclic) bond motifs is 3. The maximum atomic E-state index is 12.9. The van der Waals surface area contributed by atoms with Gasteiger partial charge in [-0.15, -0.1) is 25.3 Å². The Bertz CT molecular complexity index is 1780. The number of hydrogen-bond acceptors (Lipinski definition) is 8. The SMILES string of the molecule is O=C1C=CC(S)=C2NC=CC2C1/C=C/c1ncnc(/C=C/c2c(=O)ccc(S)c3[nH]ccc23)c2cncc1-2. The van der Waals surface area contributed by atoms with Crippen molar-refractivity contribution in [1.29, 1.82) is 0 Å². The number of rotatable bonds is 4. The fourth-order valence-electron chi connectivity index (χ4n) is 4.82. The van der Waals surface area contributed by atoms with Crippen molar-refractivity contribution in [2.24, 2.45) is 11.8 Å². The average molecular weight is 536 g/mol. The van der Waals surface area contributed by atoms with E-state index in [-0.39, 0.29) is 17.1 Å². The van der Waals surface area contributed by atoms with E-state index in [9.17, 15) is 9.59 Å². The molecular formula is C29H21N5O2S2. The van der Waals surface area contributed by atoms with Crippen LogP contribution < -0.4 is 10.7 Å². The highest BCUT2D eigenvalue weighted by Crippen LogP contribution is 2.34. The van der Waals surface area contributed by atoms with Gasteiger partial charge < -0.3 is 10.3 Å². The molecule has 2 unspecified atom stereocenters. The van der Waals surface area contributed by atoms with Crippen molar-refractivity contribution in [2.75, 3.05) is 0 Å². The Morgan fingerprint density at radius 2 is 1.71 bits per heavy atom. The highest BCUT2D eigenvalue weighted by atomic mass is 32.1. The minimum absolute atomic E-state index is 0.00929. The lowest BCUT2D eigenvalue weighted by molar-refractivity contribution is -0.117. The van der Waals surface area contributed by atoms with Crippen LogP contribution in [-0.4, -0.2) is 25.7 Å². The molecule has 9 heteroatoms. The van der Waals surface area contributed by atoms with Crippen molar-refractivity contribution >= 4 is 60.2 Å². The molecule has 6 rings (SSSR count). The van der Waals surface area contributed by atoms with Crippen LogP contribution in [0.25, 0.3) is 40.3 Å². The zero-order valence-electron chi connectivity index (χ0n) is 19.9. The molecule has 2 N–H and O–H groups in total. The molecule has 2 aromatic rings. The standard InChI is InChI=1S/C29H21N5O2S2/c35-24-5-7-26(37)28-18(9-11-31-28)16(24)1-3-22-20-13-30-14-21(20)23(34-15-33-22)4-2-17-19-10-12-32-29(19)27(38)8-6-25(17)36/h1-16,18,31-32,37-38H/b3-1+,4-2+. The van der Waals surface area contributed by atoms with E-state index < -0.39 is 5.92 Å². The molecule has 1 aromatic heterocycles. The van der Waals surface area contributed by atoms with Gasteiger partial charge in [0.05, 0.1) is 22.8 Å². The van der Waals surface area contributed by atoms with Crippen molar-refractivity contribution in [2.45, 2.75) is 4.90 Å². The number of nitrogens with one attached hydrogen (secondary N) is 2. The lowest BCUT2D eigenvalue weighted by Crippen LogP contribution is -2.21. The van der Waals surface area contributed by atoms with Gasteiger partial charge in [-0.05, 0) is 54.8 Å². The molecule has 0 saturated heterocycles. The summed E-state index contributed by atoms with van der Waals surface area (Å²) in [5, 5.41) is 3.97. The van der Waals surface area contributed by atoms with Gasteiger partial charge in [-0.25, -0.2) is 9.97 Å². The molecule has 4 aliphatic rings. The highest BCUT2D eigenvalue weighted by Gasteiger charge is 2.31.